The minimum absolute atomic E-state index is 0.0446. The molecule has 0 fully saturated rings. The van der Waals surface area contributed by atoms with Gasteiger partial charge in [0, 0.05) is 19.1 Å². The van der Waals surface area contributed by atoms with Gasteiger partial charge < -0.3 is 5.32 Å². The van der Waals surface area contributed by atoms with Crippen molar-refractivity contribution in [3.8, 4) is 0 Å². The van der Waals surface area contributed by atoms with Gasteiger partial charge in [-0.15, -0.1) is 0 Å². The maximum absolute atomic E-state index is 12.3. The van der Waals surface area contributed by atoms with Crippen LogP contribution in [0.5, 0.6) is 0 Å². The fourth-order valence-electron chi connectivity index (χ4n) is 1.96. The van der Waals surface area contributed by atoms with Crippen LogP contribution in [-0.4, -0.2) is 38.4 Å². The highest BCUT2D eigenvalue weighted by molar-refractivity contribution is 7.89. The molecule has 0 aliphatic rings. The van der Waals surface area contributed by atoms with Gasteiger partial charge in [-0.05, 0) is 50.9 Å². The molecule has 0 saturated heterocycles. The molecule has 0 spiro atoms. The second-order valence-electron chi connectivity index (χ2n) is 5.97. The van der Waals surface area contributed by atoms with Gasteiger partial charge in [0.2, 0.25) is 10.0 Å². The topological polar surface area (TPSA) is 49.4 Å². The average Bonchev–Trinajstić information content (AvgIpc) is 2.43. The van der Waals surface area contributed by atoms with Gasteiger partial charge in [-0.2, -0.15) is 4.31 Å². The van der Waals surface area contributed by atoms with Gasteiger partial charge in [0.15, 0.2) is 0 Å². The fourth-order valence-corrected chi connectivity index (χ4v) is 3.32. The van der Waals surface area contributed by atoms with Crippen molar-refractivity contribution in [2.75, 3.05) is 13.6 Å². The molecule has 0 heterocycles. The van der Waals surface area contributed by atoms with Crippen LogP contribution in [0.25, 0.3) is 0 Å². The van der Waals surface area contributed by atoms with E-state index in [0.29, 0.717) is 10.9 Å². The quantitative estimate of drug-likeness (QED) is 0.751. The number of aryl methyl sites for hydroxylation is 1. The van der Waals surface area contributed by atoms with E-state index >= 15 is 0 Å². The lowest BCUT2D eigenvalue weighted by molar-refractivity contribution is 0.410. The van der Waals surface area contributed by atoms with E-state index in [0.717, 1.165) is 19.4 Å². The highest BCUT2D eigenvalue weighted by Crippen LogP contribution is 2.17. The lowest BCUT2D eigenvalue weighted by Gasteiger charge is -2.21. The van der Waals surface area contributed by atoms with Crippen LogP contribution in [0.4, 0.5) is 0 Å². The first-order valence-electron chi connectivity index (χ1n) is 7.55. The fraction of sp³-hybridized carbons (Fsp3) is 0.625. The SMILES string of the molecule is CC(C)NCCCc1ccc(S(=O)(=O)N(C)C(C)C)cc1. The van der Waals surface area contributed by atoms with Gasteiger partial charge in [-0.25, -0.2) is 8.42 Å². The summed E-state index contributed by atoms with van der Waals surface area (Å²) in [6, 6.07) is 7.70. The average molecular weight is 312 g/mol. The third-order valence-electron chi connectivity index (χ3n) is 3.52. The first-order chi connectivity index (χ1) is 9.75. The molecular weight excluding hydrogens is 284 g/mol. The molecule has 5 heteroatoms. The van der Waals surface area contributed by atoms with Gasteiger partial charge in [0.05, 0.1) is 4.90 Å². The largest absolute Gasteiger partial charge is 0.315 e. The molecular formula is C16H28N2O2S. The van der Waals surface area contributed by atoms with Gasteiger partial charge in [0.25, 0.3) is 0 Å². The van der Waals surface area contributed by atoms with Crippen LogP contribution in [0, 0.1) is 0 Å². The van der Waals surface area contributed by atoms with Crippen LogP contribution < -0.4 is 5.32 Å². The van der Waals surface area contributed by atoms with Crippen LogP contribution in [0.15, 0.2) is 29.2 Å². The molecule has 0 atom stereocenters. The molecule has 0 unspecified atom stereocenters. The van der Waals surface area contributed by atoms with E-state index in [1.165, 1.54) is 9.87 Å². The van der Waals surface area contributed by atoms with Crippen molar-refractivity contribution in [2.45, 2.75) is 57.5 Å². The van der Waals surface area contributed by atoms with E-state index in [9.17, 15) is 8.42 Å². The number of nitrogens with one attached hydrogen (secondary N) is 1. The molecule has 0 aliphatic carbocycles. The molecule has 0 radical (unpaired) electrons. The summed E-state index contributed by atoms with van der Waals surface area (Å²) in [6.45, 7) is 8.98. The van der Waals surface area contributed by atoms with Crippen molar-refractivity contribution in [1.82, 2.24) is 9.62 Å². The molecule has 1 rings (SSSR count). The number of hydrogen-bond donors (Lipinski definition) is 1. The summed E-state index contributed by atoms with van der Waals surface area (Å²) in [4.78, 5) is 0.364. The zero-order valence-corrected chi connectivity index (χ0v) is 14.6. The molecule has 4 nitrogen and oxygen atoms in total. The summed E-state index contributed by atoms with van der Waals surface area (Å²) < 4.78 is 26.1. The summed E-state index contributed by atoms with van der Waals surface area (Å²) in [5.41, 5.74) is 1.17. The second-order valence-corrected chi connectivity index (χ2v) is 7.97. The normalized spacial score (nSPS) is 12.6. The van der Waals surface area contributed by atoms with E-state index < -0.39 is 10.0 Å². The Morgan fingerprint density at radius 1 is 1.10 bits per heavy atom. The number of rotatable bonds is 8. The molecule has 1 N–H and O–H groups in total. The number of benzene rings is 1. The standard InChI is InChI=1S/C16H28N2O2S/c1-13(2)17-12-6-7-15-8-10-16(11-9-15)21(19,20)18(5)14(3)4/h8-11,13-14,17H,6-7,12H2,1-5H3. The molecule has 0 bridgehead atoms. The third-order valence-corrected chi connectivity index (χ3v) is 5.57. The van der Waals surface area contributed by atoms with Crippen molar-refractivity contribution >= 4 is 10.0 Å². The summed E-state index contributed by atoms with van der Waals surface area (Å²) in [7, 11) is -1.75. The first kappa shape index (κ1) is 18.1. The Hall–Kier alpha value is -0.910. The van der Waals surface area contributed by atoms with Crippen molar-refractivity contribution in [1.29, 1.82) is 0 Å². The molecule has 0 amide bonds. The van der Waals surface area contributed by atoms with E-state index in [1.54, 1.807) is 19.2 Å². The summed E-state index contributed by atoms with van der Waals surface area (Å²) in [5, 5.41) is 3.38. The van der Waals surface area contributed by atoms with Crippen LogP contribution in [0.3, 0.4) is 0 Å². The first-order valence-corrected chi connectivity index (χ1v) is 8.99. The van der Waals surface area contributed by atoms with Crippen molar-refractivity contribution in [3.05, 3.63) is 29.8 Å². The zero-order valence-electron chi connectivity index (χ0n) is 13.8. The lowest BCUT2D eigenvalue weighted by Crippen LogP contribution is -2.33. The minimum Gasteiger partial charge on any atom is -0.315 e. The third kappa shape index (κ3) is 5.41. The van der Waals surface area contributed by atoms with Gasteiger partial charge >= 0.3 is 0 Å². The molecule has 0 aromatic heterocycles. The van der Waals surface area contributed by atoms with E-state index in [4.69, 9.17) is 0 Å². The lowest BCUT2D eigenvalue weighted by atomic mass is 10.1. The van der Waals surface area contributed by atoms with Crippen molar-refractivity contribution < 1.29 is 8.42 Å². The Kier molecular flexibility index (Phi) is 6.84. The Morgan fingerprint density at radius 3 is 2.14 bits per heavy atom. The van der Waals surface area contributed by atoms with Crippen LogP contribution in [-0.2, 0) is 16.4 Å². The zero-order chi connectivity index (χ0) is 16.0. The van der Waals surface area contributed by atoms with Crippen LogP contribution >= 0.6 is 0 Å². The molecule has 120 valence electrons. The molecule has 1 aromatic carbocycles. The highest BCUT2D eigenvalue weighted by Gasteiger charge is 2.22. The minimum atomic E-state index is -3.37. The van der Waals surface area contributed by atoms with Gasteiger partial charge in [-0.1, -0.05) is 26.0 Å². The molecule has 1 aromatic rings. The predicted octanol–water partition coefficient (Wildman–Crippen LogP) is 2.65. The summed E-state index contributed by atoms with van der Waals surface area (Å²) in [5.74, 6) is 0. The van der Waals surface area contributed by atoms with Crippen molar-refractivity contribution in [2.24, 2.45) is 0 Å². The summed E-state index contributed by atoms with van der Waals surface area (Å²) in [6.07, 6.45) is 2.01. The van der Waals surface area contributed by atoms with E-state index in [-0.39, 0.29) is 6.04 Å². The van der Waals surface area contributed by atoms with Crippen LogP contribution in [0.1, 0.15) is 39.7 Å². The number of sulfonamides is 1. The van der Waals surface area contributed by atoms with E-state index in [1.807, 2.05) is 26.0 Å². The monoisotopic (exact) mass is 312 g/mol. The Bertz CT molecular complexity index is 522. The number of nitrogens with zero attached hydrogens (tertiary/aromatic N) is 1. The van der Waals surface area contributed by atoms with Gasteiger partial charge in [-0.3, -0.25) is 0 Å². The maximum atomic E-state index is 12.3. The van der Waals surface area contributed by atoms with Crippen molar-refractivity contribution in [3.63, 3.8) is 0 Å². The maximum Gasteiger partial charge on any atom is 0.243 e. The Labute approximate surface area is 129 Å². The highest BCUT2D eigenvalue weighted by atomic mass is 32.2. The van der Waals surface area contributed by atoms with Gasteiger partial charge in [0.1, 0.15) is 0 Å². The molecule has 0 saturated carbocycles. The molecule has 21 heavy (non-hydrogen) atoms. The smallest absolute Gasteiger partial charge is 0.243 e. The predicted molar refractivity (Wildman–Crippen MR) is 88.0 cm³/mol. The summed E-state index contributed by atoms with van der Waals surface area (Å²) >= 11 is 0. The van der Waals surface area contributed by atoms with E-state index in [2.05, 4.69) is 19.2 Å². The Morgan fingerprint density at radius 2 is 1.67 bits per heavy atom. The second kappa shape index (κ2) is 7.92. The number of hydrogen-bond acceptors (Lipinski definition) is 3. The molecule has 0 aliphatic heterocycles. The Balaban J connectivity index is 2.66. The van der Waals surface area contributed by atoms with Crippen LogP contribution in [0.2, 0.25) is 0 Å².